The van der Waals surface area contributed by atoms with Gasteiger partial charge in [-0.2, -0.15) is 0 Å². The molecule has 1 aliphatic rings. The maximum Gasteiger partial charge on any atom is 0.276 e. The average Bonchev–Trinajstić information content (AvgIpc) is 2.64. The number of pyridine rings is 1. The Morgan fingerprint density at radius 3 is 2.78 bits per heavy atom. The maximum atomic E-state index is 14.4. The molecule has 1 aliphatic heterocycles. The predicted molar refractivity (Wildman–Crippen MR) is 80.6 cm³/mol. The Labute approximate surface area is 136 Å². The lowest BCUT2D eigenvalue weighted by Crippen LogP contribution is -2.42. The Morgan fingerprint density at radius 2 is 2.09 bits per heavy atom. The minimum atomic E-state index is -3.16. The van der Waals surface area contributed by atoms with Crippen molar-refractivity contribution in [2.45, 2.75) is 18.8 Å². The Morgan fingerprint density at radius 1 is 1.35 bits per heavy atom. The normalized spacial score (nSPS) is 16.6. The number of benzene rings is 1. The van der Waals surface area contributed by atoms with Gasteiger partial charge in [0, 0.05) is 35.3 Å². The number of anilines is 1. The van der Waals surface area contributed by atoms with E-state index >= 15 is 0 Å². The van der Waals surface area contributed by atoms with Crippen LogP contribution in [0.5, 0.6) is 0 Å². The molecule has 0 unspecified atom stereocenters. The van der Waals surface area contributed by atoms with Crippen LogP contribution in [-0.2, 0) is 5.92 Å². The number of carbonyl (C=O) groups is 1. The quantitative estimate of drug-likeness (QED) is 0.801. The van der Waals surface area contributed by atoms with Crippen LogP contribution in [0.2, 0.25) is 5.02 Å². The molecule has 0 saturated heterocycles. The largest absolute Gasteiger partial charge is 0.530 e. The summed E-state index contributed by atoms with van der Waals surface area (Å²) in [5.74, 6) is -3.44. The molecule has 4 nitrogen and oxygen atoms in total. The van der Waals surface area contributed by atoms with Gasteiger partial charge >= 0.3 is 0 Å². The highest BCUT2D eigenvalue weighted by Crippen LogP contribution is 2.42. The first-order valence-electron chi connectivity index (χ1n) is 7.02. The van der Waals surface area contributed by atoms with Crippen LogP contribution in [0.15, 0.2) is 36.5 Å². The summed E-state index contributed by atoms with van der Waals surface area (Å²) in [4.78, 5) is 15.9. The molecule has 1 aromatic heterocycles. The number of halogens is 3. The van der Waals surface area contributed by atoms with Crippen LogP contribution < -0.4 is 10.0 Å². The topological polar surface area (TPSA) is 56.3 Å². The second-order valence-electron chi connectivity index (χ2n) is 5.30. The molecule has 120 valence electrons. The van der Waals surface area contributed by atoms with E-state index in [2.05, 4.69) is 4.98 Å². The molecule has 1 aromatic carbocycles. The van der Waals surface area contributed by atoms with Crippen LogP contribution in [0.1, 0.15) is 18.4 Å². The van der Waals surface area contributed by atoms with Crippen LogP contribution in [-0.4, -0.2) is 17.6 Å². The average molecular weight is 338 g/mol. The fourth-order valence-corrected chi connectivity index (χ4v) is 2.91. The first kappa shape index (κ1) is 15.7. The second kappa shape index (κ2) is 5.77. The van der Waals surface area contributed by atoms with E-state index < -0.39 is 24.0 Å². The summed E-state index contributed by atoms with van der Waals surface area (Å²) >= 11 is 6.09. The van der Waals surface area contributed by atoms with E-state index in [0.29, 0.717) is 16.1 Å². The first-order valence-corrected chi connectivity index (χ1v) is 7.40. The number of amides is 1. The van der Waals surface area contributed by atoms with Crippen molar-refractivity contribution in [3.63, 3.8) is 0 Å². The molecular weight excluding hydrogens is 326 g/mol. The van der Waals surface area contributed by atoms with Gasteiger partial charge in [0.05, 0.1) is 5.56 Å². The fraction of sp³-hybridized carbons (Fsp3) is 0.250. The molecule has 3 rings (SSSR count). The number of hydrogen-bond acceptors (Lipinski definition) is 3. The predicted octanol–water partition coefficient (Wildman–Crippen LogP) is 3.44. The van der Waals surface area contributed by atoms with Gasteiger partial charge in [0.1, 0.15) is 11.9 Å². The highest BCUT2D eigenvalue weighted by Gasteiger charge is 2.39. The van der Waals surface area contributed by atoms with E-state index in [9.17, 15) is 18.7 Å². The first-order chi connectivity index (χ1) is 10.9. The molecule has 0 aliphatic carbocycles. The maximum absolute atomic E-state index is 14.4. The Hall–Kier alpha value is -2.21. The number of fused-ring (bicyclic) bond motifs is 1. The summed E-state index contributed by atoms with van der Waals surface area (Å²) in [6, 6.07) is 8.06. The van der Waals surface area contributed by atoms with Gasteiger partial charge in [-0.05, 0) is 18.6 Å². The number of carboxylic acid groups (broad SMARTS) is 1. The van der Waals surface area contributed by atoms with Gasteiger partial charge < -0.3 is 14.8 Å². The Kier molecular flexibility index (Phi) is 3.93. The number of aromatic nitrogens is 1. The van der Waals surface area contributed by atoms with Crippen molar-refractivity contribution in [3.8, 4) is 11.1 Å². The van der Waals surface area contributed by atoms with E-state index in [0.717, 1.165) is 4.90 Å². The minimum absolute atomic E-state index is 0.0266. The standard InChI is InChI=1S/C16H13ClF2N2O2/c17-13-5-2-1-4-11(13)10-8-12-14(20-9-10)21(15(22)23)7-3-6-16(12,18)19/h1-2,4-5,8-9H,3,6-7H2,(H,22,23)/p-1. The molecule has 0 bridgehead atoms. The van der Waals surface area contributed by atoms with Crippen molar-refractivity contribution in [1.82, 2.24) is 4.98 Å². The third-order valence-corrected chi connectivity index (χ3v) is 4.12. The van der Waals surface area contributed by atoms with E-state index in [1.807, 2.05) is 0 Å². The van der Waals surface area contributed by atoms with Crippen molar-refractivity contribution in [3.05, 3.63) is 47.1 Å². The van der Waals surface area contributed by atoms with Crippen LogP contribution in [0.25, 0.3) is 11.1 Å². The zero-order valence-corrected chi connectivity index (χ0v) is 12.7. The monoisotopic (exact) mass is 337 g/mol. The summed E-state index contributed by atoms with van der Waals surface area (Å²) in [6.07, 6.45) is -0.616. The van der Waals surface area contributed by atoms with E-state index in [1.165, 1.54) is 12.3 Å². The van der Waals surface area contributed by atoms with Gasteiger partial charge in [-0.15, -0.1) is 0 Å². The Bertz CT molecular complexity index is 767. The van der Waals surface area contributed by atoms with Gasteiger partial charge in [0.2, 0.25) is 0 Å². The summed E-state index contributed by atoms with van der Waals surface area (Å²) in [6.45, 7) is -0.0661. The van der Waals surface area contributed by atoms with E-state index in [-0.39, 0.29) is 18.8 Å². The summed E-state index contributed by atoms with van der Waals surface area (Å²) in [5, 5.41) is 11.6. The molecule has 1 amide bonds. The van der Waals surface area contributed by atoms with Crippen molar-refractivity contribution in [2.24, 2.45) is 0 Å². The number of carbonyl (C=O) groups excluding carboxylic acids is 1. The highest BCUT2D eigenvalue weighted by atomic mass is 35.5. The molecule has 2 heterocycles. The lowest BCUT2D eigenvalue weighted by molar-refractivity contribution is -0.246. The van der Waals surface area contributed by atoms with Gasteiger partial charge in [0.25, 0.3) is 5.92 Å². The molecule has 23 heavy (non-hydrogen) atoms. The van der Waals surface area contributed by atoms with Crippen molar-refractivity contribution in [2.75, 3.05) is 11.4 Å². The molecule has 2 aromatic rings. The van der Waals surface area contributed by atoms with Gasteiger partial charge in [-0.1, -0.05) is 29.8 Å². The summed E-state index contributed by atoms with van der Waals surface area (Å²) < 4.78 is 28.8. The van der Waals surface area contributed by atoms with Gasteiger partial charge in [0.15, 0.2) is 0 Å². The molecule has 7 heteroatoms. The van der Waals surface area contributed by atoms with Crippen LogP contribution in [0, 0.1) is 0 Å². The van der Waals surface area contributed by atoms with Crippen molar-refractivity contribution in [1.29, 1.82) is 0 Å². The molecule has 0 fully saturated rings. The lowest BCUT2D eigenvalue weighted by atomic mass is 10.0. The SMILES string of the molecule is O=C([O-])N1CCCC(F)(F)c2cc(-c3ccccc3Cl)cnc21. The van der Waals surface area contributed by atoms with Gasteiger partial charge in [-0.25, -0.2) is 13.8 Å². The molecule has 0 atom stereocenters. The van der Waals surface area contributed by atoms with Crippen molar-refractivity contribution >= 4 is 23.5 Å². The van der Waals surface area contributed by atoms with Crippen LogP contribution >= 0.6 is 11.6 Å². The zero-order valence-electron chi connectivity index (χ0n) is 11.9. The molecule has 0 spiro atoms. The molecule has 0 radical (unpaired) electrons. The van der Waals surface area contributed by atoms with Crippen molar-refractivity contribution < 1.29 is 18.7 Å². The van der Waals surface area contributed by atoms with E-state index in [1.54, 1.807) is 24.3 Å². The van der Waals surface area contributed by atoms with E-state index in [4.69, 9.17) is 11.6 Å². The summed E-state index contributed by atoms with van der Waals surface area (Å²) in [7, 11) is 0. The second-order valence-corrected chi connectivity index (χ2v) is 5.71. The zero-order chi connectivity index (χ0) is 16.6. The van der Waals surface area contributed by atoms with Gasteiger partial charge in [-0.3, -0.25) is 0 Å². The summed E-state index contributed by atoms with van der Waals surface area (Å²) in [5.41, 5.74) is 0.551. The minimum Gasteiger partial charge on any atom is -0.530 e. The lowest BCUT2D eigenvalue weighted by Gasteiger charge is -2.25. The third-order valence-electron chi connectivity index (χ3n) is 3.79. The number of alkyl halides is 2. The molecule has 0 saturated carbocycles. The smallest absolute Gasteiger partial charge is 0.276 e. The van der Waals surface area contributed by atoms with Crippen LogP contribution in [0.3, 0.4) is 0 Å². The van der Waals surface area contributed by atoms with Crippen LogP contribution in [0.4, 0.5) is 19.4 Å². The Balaban J connectivity index is 2.18. The molecular formula is C16H12ClF2N2O2-. The number of nitrogens with zero attached hydrogens (tertiary/aromatic N) is 2. The third kappa shape index (κ3) is 2.86. The molecule has 0 N–H and O–H groups in total. The number of hydrogen-bond donors (Lipinski definition) is 0. The highest BCUT2D eigenvalue weighted by molar-refractivity contribution is 6.33. The fourth-order valence-electron chi connectivity index (χ4n) is 2.66. The number of rotatable bonds is 1.